The van der Waals surface area contributed by atoms with Gasteiger partial charge in [0, 0.05) is 30.8 Å². The average Bonchev–Trinajstić information content (AvgIpc) is 2.91. The minimum Gasteiger partial charge on any atom is -0.338 e. The highest BCUT2D eigenvalue weighted by molar-refractivity contribution is 6.01. The Hall–Kier alpha value is -1.91. The number of hydrogen-bond donors (Lipinski definition) is 1. The number of carbonyl (C=O) groups is 2. The minimum absolute atomic E-state index is 0.0213. The number of aromatic nitrogens is 1. The zero-order valence-electron chi connectivity index (χ0n) is 10.7. The number of aromatic amines is 1. The van der Waals surface area contributed by atoms with Gasteiger partial charge in [-0.3, -0.25) is 14.4 Å². The summed E-state index contributed by atoms with van der Waals surface area (Å²) in [5.74, 6) is -0.229. The minimum atomic E-state index is -0.370. The molecule has 1 saturated heterocycles. The maximum atomic E-state index is 12.3. The van der Waals surface area contributed by atoms with Gasteiger partial charge in [-0.25, -0.2) is 0 Å². The van der Waals surface area contributed by atoms with Gasteiger partial charge >= 0.3 is 0 Å². The Kier molecular flexibility index (Phi) is 2.97. The molecular weight excluding hydrogens is 244 g/mol. The maximum Gasteiger partial charge on any atom is 0.261 e. The molecule has 0 unspecified atom stereocenters. The molecule has 0 aromatic carbocycles. The number of nitrogens with zero attached hydrogens (tertiary/aromatic N) is 1. The molecule has 1 fully saturated rings. The van der Waals surface area contributed by atoms with Gasteiger partial charge in [0.2, 0.25) is 0 Å². The van der Waals surface area contributed by atoms with E-state index in [9.17, 15) is 14.4 Å². The van der Waals surface area contributed by atoms with Crippen LogP contribution in [-0.4, -0.2) is 34.7 Å². The third-order valence-electron chi connectivity index (χ3n) is 3.88. The van der Waals surface area contributed by atoms with E-state index < -0.39 is 0 Å². The molecular formula is C14H16N2O3. The Morgan fingerprint density at radius 2 is 1.84 bits per heavy atom. The number of likely N-dealkylation sites (tertiary alicyclic amines) is 1. The number of H-pyrrole nitrogens is 1. The number of nitrogens with one attached hydrogen (secondary N) is 1. The molecule has 2 aliphatic rings. The van der Waals surface area contributed by atoms with Crippen LogP contribution in [0.15, 0.2) is 10.9 Å². The van der Waals surface area contributed by atoms with Crippen LogP contribution in [-0.2, 0) is 6.42 Å². The fourth-order valence-electron chi connectivity index (χ4n) is 2.82. The normalized spacial score (nSPS) is 18.5. The van der Waals surface area contributed by atoms with Crippen LogP contribution in [0.2, 0.25) is 0 Å². The number of pyridine rings is 1. The van der Waals surface area contributed by atoms with Gasteiger partial charge in [0.1, 0.15) is 5.56 Å². The summed E-state index contributed by atoms with van der Waals surface area (Å²) in [6.07, 6.45) is 3.92. The first-order chi connectivity index (χ1) is 9.16. The van der Waals surface area contributed by atoms with Gasteiger partial charge in [0.05, 0.1) is 0 Å². The van der Waals surface area contributed by atoms with E-state index in [0.717, 1.165) is 19.3 Å². The summed E-state index contributed by atoms with van der Waals surface area (Å²) in [6.45, 7) is 1.40. The first-order valence-corrected chi connectivity index (χ1v) is 6.75. The standard InChI is InChI=1S/C14H16N2O3/c17-12-5-3-4-11-9(12)8-10(13(18)15-11)14(19)16-6-1-2-7-16/h8H,1-7H2,(H,15,18). The lowest BCUT2D eigenvalue weighted by atomic mass is 9.93. The smallest absolute Gasteiger partial charge is 0.261 e. The van der Waals surface area contributed by atoms with E-state index in [1.165, 1.54) is 6.07 Å². The van der Waals surface area contributed by atoms with Crippen LogP contribution in [0.4, 0.5) is 0 Å². The van der Waals surface area contributed by atoms with Gasteiger partial charge in [-0.1, -0.05) is 0 Å². The van der Waals surface area contributed by atoms with Gasteiger partial charge in [-0.15, -0.1) is 0 Å². The highest BCUT2D eigenvalue weighted by Gasteiger charge is 2.25. The number of rotatable bonds is 1. The van der Waals surface area contributed by atoms with Gasteiger partial charge in [-0.05, 0) is 31.7 Å². The Bertz CT molecular complexity index is 597. The molecule has 0 radical (unpaired) electrons. The number of aryl methyl sites for hydroxylation is 1. The lowest BCUT2D eigenvalue weighted by molar-refractivity contribution is 0.0791. The largest absolute Gasteiger partial charge is 0.338 e. The van der Waals surface area contributed by atoms with Crippen molar-refractivity contribution in [1.29, 1.82) is 0 Å². The molecule has 1 aliphatic heterocycles. The molecule has 1 aromatic rings. The molecule has 2 heterocycles. The fraction of sp³-hybridized carbons (Fsp3) is 0.500. The number of Topliss-reactive ketones (excluding diaryl/α,β-unsaturated/α-hetero) is 1. The lowest BCUT2D eigenvalue weighted by Gasteiger charge is -2.18. The molecule has 19 heavy (non-hydrogen) atoms. The van der Waals surface area contributed by atoms with Crippen molar-refractivity contribution >= 4 is 11.7 Å². The monoisotopic (exact) mass is 260 g/mol. The molecule has 0 bridgehead atoms. The molecule has 1 amide bonds. The first-order valence-electron chi connectivity index (χ1n) is 6.75. The molecule has 0 spiro atoms. The van der Waals surface area contributed by atoms with Crippen LogP contribution in [0.1, 0.15) is 52.1 Å². The van der Waals surface area contributed by atoms with Crippen molar-refractivity contribution in [2.75, 3.05) is 13.1 Å². The van der Waals surface area contributed by atoms with E-state index in [-0.39, 0.29) is 22.8 Å². The second-order valence-corrected chi connectivity index (χ2v) is 5.18. The van der Waals surface area contributed by atoms with Crippen LogP contribution in [0, 0.1) is 0 Å². The van der Waals surface area contributed by atoms with Crippen molar-refractivity contribution < 1.29 is 9.59 Å². The Labute approximate surface area is 110 Å². The van der Waals surface area contributed by atoms with Crippen LogP contribution in [0.25, 0.3) is 0 Å². The SMILES string of the molecule is O=C1CCCc2[nH]c(=O)c(C(=O)N3CCCC3)cc21. The quantitative estimate of drug-likeness (QED) is 0.822. The Morgan fingerprint density at radius 3 is 2.58 bits per heavy atom. The van der Waals surface area contributed by atoms with E-state index in [1.807, 2.05) is 0 Å². The molecule has 1 N–H and O–H groups in total. The molecule has 100 valence electrons. The third kappa shape index (κ3) is 2.09. The summed E-state index contributed by atoms with van der Waals surface area (Å²) >= 11 is 0. The fourth-order valence-corrected chi connectivity index (χ4v) is 2.82. The molecule has 1 aliphatic carbocycles. The van der Waals surface area contributed by atoms with Gasteiger partial charge in [-0.2, -0.15) is 0 Å². The molecule has 0 saturated carbocycles. The van der Waals surface area contributed by atoms with E-state index in [1.54, 1.807) is 4.90 Å². The van der Waals surface area contributed by atoms with E-state index >= 15 is 0 Å². The van der Waals surface area contributed by atoms with E-state index in [0.29, 0.717) is 37.2 Å². The highest BCUT2D eigenvalue weighted by Crippen LogP contribution is 2.20. The van der Waals surface area contributed by atoms with Crippen molar-refractivity contribution in [2.45, 2.75) is 32.1 Å². The number of ketones is 1. The van der Waals surface area contributed by atoms with Crippen LogP contribution >= 0.6 is 0 Å². The highest BCUT2D eigenvalue weighted by atomic mass is 16.2. The lowest BCUT2D eigenvalue weighted by Crippen LogP contribution is -2.34. The third-order valence-corrected chi connectivity index (χ3v) is 3.88. The summed E-state index contributed by atoms with van der Waals surface area (Å²) in [5, 5.41) is 0. The van der Waals surface area contributed by atoms with Crippen LogP contribution < -0.4 is 5.56 Å². The van der Waals surface area contributed by atoms with Crippen molar-refractivity contribution in [1.82, 2.24) is 9.88 Å². The van der Waals surface area contributed by atoms with Gasteiger partial charge in [0.25, 0.3) is 11.5 Å². The van der Waals surface area contributed by atoms with Gasteiger partial charge < -0.3 is 9.88 Å². The number of fused-ring (bicyclic) bond motifs is 1. The van der Waals surface area contributed by atoms with Crippen molar-refractivity contribution in [3.8, 4) is 0 Å². The van der Waals surface area contributed by atoms with E-state index in [2.05, 4.69) is 4.98 Å². The predicted molar refractivity (Wildman–Crippen MR) is 69.5 cm³/mol. The molecule has 5 heteroatoms. The van der Waals surface area contributed by atoms with Gasteiger partial charge in [0.15, 0.2) is 5.78 Å². The average molecular weight is 260 g/mol. The first kappa shape index (κ1) is 12.1. The summed E-state index contributed by atoms with van der Waals surface area (Å²) in [4.78, 5) is 40.5. The summed E-state index contributed by atoms with van der Waals surface area (Å²) in [7, 11) is 0. The number of carbonyl (C=O) groups excluding carboxylic acids is 2. The molecule has 1 aromatic heterocycles. The second-order valence-electron chi connectivity index (χ2n) is 5.18. The maximum absolute atomic E-state index is 12.3. The second kappa shape index (κ2) is 4.64. The zero-order valence-corrected chi connectivity index (χ0v) is 10.7. The summed E-state index contributed by atoms with van der Waals surface area (Å²) < 4.78 is 0. The molecule has 5 nitrogen and oxygen atoms in total. The van der Waals surface area contributed by atoms with Crippen molar-refractivity contribution in [2.24, 2.45) is 0 Å². The number of amides is 1. The van der Waals surface area contributed by atoms with E-state index in [4.69, 9.17) is 0 Å². The topological polar surface area (TPSA) is 70.2 Å². The van der Waals surface area contributed by atoms with Crippen LogP contribution in [0.3, 0.4) is 0 Å². The zero-order chi connectivity index (χ0) is 13.4. The van der Waals surface area contributed by atoms with Crippen molar-refractivity contribution in [3.05, 3.63) is 33.2 Å². The Balaban J connectivity index is 2.02. The summed E-state index contributed by atoms with van der Waals surface area (Å²) in [6, 6.07) is 1.50. The summed E-state index contributed by atoms with van der Waals surface area (Å²) in [5.41, 5.74) is 0.939. The Morgan fingerprint density at radius 1 is 1.11 bits per heavy atom. The predicted octanol–water partition coefficient (Wildman–Crippen LogP) is 1.13. The van der Waals surface area contributed by atoms with Crippen molar-refractivity contribution in [3.63, 3.8) is 0 Å². The van der Waals surface area contributed by atoms with Crippen LogP contribution in [0.5, 0.6) is 0 Å². The molecule has 0 atom stereocenters. The number of hydrogen-bond acceptors (Lipinski definition) is 3. The molecule has 3 rings (SSSR count).